The predicted octanol–water partition coefficient (Wildman–Crippen LogP) is 3.06. The standard InChI is InChI=1S/C13H19BrFNO3S/c1-3-13(4-2,9-20(16,17)18)8-19-10-5-6-11(14)12(15)7-10/h5-7H,3-4,8-9H2,1-2H3,(H2,16,17,18). The van der Waals surface area contributed by atoms with Crippen LogP contribution in [0.25, 0.3) is 0 Å². The van der Waals surface area contributed by atoms with Crippen LogP contribution in [0.4, 0.5) is 4.39 Å². The molecule has 114 valence electrons. The molecule has 0 aromatic heterocycles. The van der Waals surface area contributed by atoms with Crippen LogP contribution in [-0.4, -0.2) is 20.8 Å². The summed E-state index contributed by atoms with van der Waals surface area (Å²) in [5.41, 5.74) is -0.558. The quantitative estimate of drug-likeness (QED) is 0.804. The predicted molar refractivity (Wildman–Crippen MR) is 80.6 cm³/mol. The molecule has 0 atom stereocenters. The van der Waals surface area contributed by atoms with E-state index in [9.17, 15) is 12.8 Å². The molecule has 0 fully saturated rings. The lowest BCUT2D eigenvalue weighted by Crippen LogP contribution is -2.37. The van der Waals surface area contributed by atoms with Gasteiger partial charge in [-0.25, -0.2) is 17.9 Å². The summed E-state index contributed by atoms with van der Waals surface area (Å²) in [6, 6.07) is 4.43. The van der Waals surface area contributed by atoms with Gasteiger partial charge in [0.05, 0.1) is 16.8 Å². The van der Waals surface area contributed by atoms with E-state index in [-0.39, 0.29) is 12.4 Å². The Kier molecular flexibility index (Phi) is 5.97. The fourth-order valence-corrected chi connectivity index (χ4v) is 3.52. The molecule has 20 heavy (non-hydrogen) atoms. The Morgan fingerprint density at radius 2 is 1.95 bits per heavy atom. The molecular weight excluding hydrogens is 349 g/mol. The van der Waals surface area contributed by atoms with Gasteiger partial charge in [0.1, 0.15) is 11.6 Å². The second-order valence-electron chi connectivity index (χ2n) is 4.88. The lowest BCUT2D eigenvalue weighted by atomic mass is 9.85. The number of benzene rings is 1. The normalized spacial score (nSPS) is 12.4. The van der Waals surface area contributed by atoms with Crippen molar-refractivity contribution in [2.24, 2.45) is 10.6 Å². The first-order chi connectivity index (χ1) is 9.21. The number of halogens is 2. The molecule has 0 aliphatic heterocycles. The van der Waals surface area contributed by atoms with Gasteiger partial charge in [-0.1, -0.05) is 13.8 Å². The molecule has 0 saturated heterocycles. The van der Waals surface area contributed by atoms with Crippen molar-refractivity contribution >= 4 is 26.0 Å². The van der Waals surface area contributed by atoms with E-state index in [1.165, 1.54) is 6.07 Å². The summed E-state index contributed by atoms with van der Waals surface area (Å²) in [5.74, 6) is -0.203. The lowest BCUT2D eigenvalue weighted by Gasteiger charge is -2.30. The van der Waals surface area contributed by atoms with Gasteiger partial charge in [0.2, 0.25) is 10.0 Å². The minimum Gasteiger partial charge on any atom is -0.493 e. The minimum atomic E-state index is -3.59. The zero-order chi connectivity index (χ0) is 15.4. The fraction of sp³-hybridized carbons (Fsp3) is 0.538. The average Bonchev–Trinajstić information content (AvgIpc) is 2.37. The van der Waals surface area contributed by atoms with Crippen molar-refractivity contribution in [3.8, 4) is 5.75 Å². The van der Waals surface area contributed by atoms with E-state index in [0.717, 1.165) is 0 Å². The Labute approximate surface area is 127 Å². The largest absolute Gasteiger partial charge is 0.493 e. The van der Waals surface area contributed by atoms with Gasteiger partial charge in [-0.05, 0) is 40.9 Å². The third kappa shape index (κ3) is 5.03. The fourth-order valence-electron chi connectivity index (χ4n) is 1.93. The SMILES string of the molecule is CCC(CC)(COc1ccc(Br)c(F)c1)CS(N)(=O)=O. The summed E-state index contributed by atoms with van der Waals surface area (Å²) in [7, 11) is -3.59. The van der Waals surface area contributed by atoms with Gasteiger partial charge in [-0.2, -0.15) is 0 Å². The van der Waals surface area contributed by atoms with Crippen molar-refractivity contribution in [1.82, 2.24) is 0 Å². The number of hydrogen-bond donors (Lipinski definition) is 1. The van der Waals surface area contributed by atoms with Gasteiger partial charge >= 0.3 is 0 Å². The Hall–Kier alpha value is -0.660. The lowest BCUT2D eigenvalue weighted by molar-refractivity contribution is 0.154. The second kappa shape index (κ2) is 6.87. The first kappa shape index (κ1) is 17.4. The minimum absolute atomic E-state index is 0.147. The van der Waals surface area contributed by atoms with Crippen molar-refractivity contribution in [3.05, 3.63) is 28.5 Å². The molecule has 0 heterocycles. The maximum absolute atomic E-state index is 13.4. The van der Waals surface area contributed by atoms with Gasteiger partial charge in [-0.3, -0.25) is 0 Å². The molecule has 0 saturated carbocycles. The van der Waals surface area contributed by atoms with Gasteiger partial charge in [0.25, 0.3) is 0 Å². The zero-order valence-electron chi connectivity index (χ0n) is 11.5. The Morgan fingerprint density at radius 1 is 1.35 bits per heavy atom. The average molecular weight is 368 g/mol. The number of nitrogens with two attached hydrogens (primary N) is 1. The van der Waals surface area contributed by atoms with E-state index in [2.05, 4.69) is 15.9 Å². The molecule has 2 N–H and O–H groups in total. The van der Waals surface area contributed by atoms with E-state index >= 15 is 0 Å². The first-order valence-electron chi connectivity index (χ1n) is 6.29. The summed E-state index contributed by atoms with van der Waals surface area (Å²) in [6.45, 7) is 3.96. The van der Waals surface area contributed by atoms with Crippen molar-refractivity contribution in [1.29, 1.82) is 0 Å². The molecule has 0 unspecified atom stereocenters. The van der Waals surface area contributed by atoms with Crippen molar-refractivity contribution < 1.29 is 17.5 Å². The van der Waals surface area contributed by atoms with E-state index in [1.54, 1.807) is 12.1 Å². The van der Waals surface area contributed by atoms with Crippen molar-refractivity contribution in [2.75, 3.05) is 12.4 Å². The van der Waals surface area contributed by atoms with Crippen molar-refractivity contribution in [2.45, 2.75) is 26.7 Å². The van der Waals surface area contributed by atoms with E-state index < -0.39 is 21.3 Å². The number of sulfonamides is 1. The highest BCUT2D eigenvalue weighted by Crippen LogP contribution is 2.30. The molecular formula is C13H19BrFNO3S. The monoisotopic (exact) mass is 367 g/mol. The van der Waals surface area contributed by atoms with E-state index in [0.29, 0.717) is 23.1 Å². The maximum Gasteiger partial charge on any atom is 0.209 e. The van der Waals surface area contributed by atoms with E-state index in [1.807, 2.05) is 13.8 Å². The third-order valence-corrected chi connectivity index (χ3v) is 5.10. The Balaban J connectivity index is 2.83. The Morgan fingerprint density at radius 3 is 2.40 bits per heavy atom. The summed E-state index contributed by atoms with van der Waals surface area (Å²) < 4.78 is 42.0. The van der Waals surface area contributed by atoms with E-state index in [4.69, 9.17) is 9.88 Å². The third-order valence-electron chi connectivity index (χ3n) is 3.44. The zero-order valence-corrected chi connectivity index (χ0v) is 13.9. The smallest absolute Gasteiger partial charge is 0.209 e. The van der Waals surface area contributed by atoms with Crippen LogP contribution in [-0.2, 0) is 10.0 Å². The van der Waals surface area contributed by atoms with Crippen LogP contribution in [0.15, 0.2) is 22.7 Å². The molecule has 1 aromatic carbocycles. The maximum atomic E-state index is 13.4. The Bertz CT molecular complexity index is 559. The second-order valence-corrected chi connectivity index (χ2v) is 7.35. The molecule has 0 spiro atoms. The van der Waals surface area contributed by atoms with Crippen LogP contribution in [0.2, 0.25) is 0 Å². The van der Waals surface area contributed by atoms with Crippen molar-refractivity contribution in [3.63, 3.8) is 0 Å². The molecule has 1 aromatic rings. The van der Waals surface area contributed by atoms with Gasteiger partial charge < -0.3 is 4.74 Å². The molecule has 0 aliphatic rings. The van der Waals surface area contributed by atoms with Crippen LogP contribution in [0, 0.1) is 11.2 Å². The molecule has 0 radical (unpaired) electrons. The van der Waals surface area contributed by atoms with Crippen LogP contribution < -0.4 is 9.88 Å². The van der Waals surface area contributed by atoms with Crippen LogP contribution in [0.1, 0.15) is 26.7 Å². The highest BCUT2D eigenvalue weighted by atomic mass is 79.9. The number of ether oxygens (including phenoxy) is 1. The molecule has 7 heteroatoms. The summed E-state index contributed by atoms with van der Waals surface area (Å²) >= 11 is 3.06. The van der Waals surface area contributed by atoms with Gasteiger partial charge in [0.15, 0.2) is 0 Å². The molecule has 4 nitrogen and oxygen atoms in total. The van der Waals surface area contributed by atoms with Gasteiger partial charge in [-0.15, -0.1) is 0 Å². The number of hydrogen-bond acceptors (Lipinski definition) is 3. The molecule has 0 aliphatic carbocycles. The summed E-state index contributed by atoms with van der Waals surface area (Å²) in [5, 5.41) is 5.14. The first-order valence-corrected chi connectivity index (χ1v) is 8.80. The topological polar surface area (TPSA) is 69.4 Å². The highest BCUT2D eigenvalue weighted by Gasteiger charge is 2.32. The summed E-state index contributed by atoms with van der Waals surface area (Å²) in [4.78, 5) is 0. The summed E-state index contributed by atoms with van der Waals surface area (Å²) in [6.07, 6.45) is 1.22. The molecule has 0 amide bonds. The van der Waals surface area contributed by atoms with Gasteiger partial charge in [0, 0.05) is 11.5 Å². The number of primary sulfonamides is 1. The molecule has 0 bridgehead atoms. The molecule has 1 rings (SSSR count). The van der Waals surface area contributed by atoms with Crippen LogP contribution in [0.5, 0.6) is 5.75 Å². The highest BCUT2D eigenvalue weighted by molar-refractivity contribution is 9.10. The number of rotatable bonds is 7. The van der Waals surface area contributed by atoms with Crippen LogP contribution in [0.3, 0.4) is 0 Å². The van der Waals surface area contributed by atoms with Crippen LogP contribution >= 0.6 is 15.9 Å².